The quantitative estimate of drug-likeness (QED) is 0.529. The van der Waals surface area contributed by atoms with Crippen molar-refractivity contribution in [3.63, 3.8) is 0 Å². The molecule has 1 aromatic heterocycles. The fourth-order valence-corrected chi connectivity index (χ4v) is 3.58. The highest BCUT2D eigenvalue weighted by atomic mass is 35.5. The van der Waals surface area contributed by atoms with Crippen molar-refractivity contribution in [2.45, 2.75) is 12.6 Å². The lowest BCUT2D eigenvalue weighted by molar-refractivity contribution is 0.0600. The van der Waals surface area contributed by atoms with Crippen LogP contribution in [0.25, 0.3) is 0 Å². The van der Waals surface area contributed by atoms with E-state index >= 15 is 0 Å². The van der Waals surface area contributed by atoms with Crippen LogP contribution >= 0.6 is 11.6 Å². The molecule has 7 nitrogen and oxygen atoms in total. The van der Waals surface area contributed by atoms with Gasteiger partial charge >= 0.3 is 5.97 Å². The Kier molecular flexibility index (Phi) is 6.74. The van der Waals surface area contributed by atoms with Crippen LogP contribution < -0.4 is 15.0 Å². The molecule has 0 aliphatic carbocycles. The van der Waals surface area contributed by atoms with Crippen LogP contribution in [0.1, 0.15) is 26.3 Å². The van der Waals surface area contributed by atoms with Crippen molar-refractivity contribution in [2.24, 2.45) is 0 Å². The Bertz CT molecular complexity index is 1170. The van der Waals surface area contributed by atoms with E-state index in [0.717, 1.165) is 5.56 Å². The molecule has 2 heterocycles. The van der Waals surface area contributed by atoms with Crippen LogP contribution in [-0.2, 0) is 11.3 Å². The van der Waals surface area contributed by atoms with Crippen molar-refractivity contribution in [1.29, 1.82) is 0 Å². The molecule has 9 heteroatoms. The second-order valence-electron chi connectivity index (χ2n) is 7.50. The molecule has 3 aromatic rings. The Morgan fingerprint density at radius 1 is 1.18 bits per heavy atom. The van der Waals surface area contributed by atoms with Gasteiger partial charge < -0.3 is 19.7 Å². The van der Waals surface area contributed by atoms with E-state index in [9.17, 15) is 14.0 Å². The van der Waals surface area contributed by atoms with Gasteiger partial charge in [0, 0.05) is 18.8 Å². The normalized spacial score (nSPS) is 13.2. The van der Waals surface area contributed by atoms with Gasteiger partial charge in [0.1, 0.15) is 23.5 Å². The lowest BCUT2D eigenvalue weighted by Gasteiger charge is -2.40. The van der Waals surface area contributed by atoms with Gasteiger partial charge in [-0.15, -0.1) is 0 Å². The minimum atomic E-state index is -0.422. The zero-order valence-electron chi connectivity index (χ0n) is 17.8. The number of aromatic nitrogens is 1. The maximum atomic E-state index is 13.3. The van der Waals surface area contributed by atoms with Gasteiger partial charge in [-0.2, -0.15) is 0 Å². The van der Waals surface area contributed by atoms with Crippen molar-refractivity contribution >= 4 is 29.3 Å². The average molecular weight is 470 g/mol. The third kappa shape index (κ3) is 5.40. The van der Waals surface area contributed by atoms with Crippen LogP contribution in [0.4, 0.5) is 10.2 Å². The lowest BCUT2D eigenvalue weighted by Crippen LogP contribution is -2.54. The first-order valence-corrected chi connectivity index (χ1v) is 10.6. The number of rotatable bonds is 7. The van der Waals surface area contributed by atoms with E-state index < -0.39 is 5.97 Å². The number of nitrogens with one attached hydrogen (secondary N) is 1. The number of carbonyl (C=O) groups is 2. The highest BCUT2D eigenvalue weighted by molar-refractivity contribution is 6.31. The Hall–Kier alpha value is -3.65. The van der Waals surface area contributed by atoms with Crippen LogP contribution in [0.5, 0.6) is 5.75 Å². The summed E-state index contributed by atoms with van der Waals surface area (Å²) in [6.45, 7) is 1.26. The van der Waals surface area contributed by atoms with Gasteiger partial charge in [0.15, 0.2) is 0 Å². The molecule has 170 valence electrons. The Morgan fingerprint density at radius 2 is 1.94 bits per heavy atom. The molecule has 1 aliphatic heterocycles. The van der Waals surface area contributed by atoms with E-state index in [1.807, 2.05) is 4.90 Å². The van der Waals surface area contributed by atoms with E-state index in [-0.39, 0.29) is 24.4 Å². The van der Waals surface area contributed by atoms with E-state index in [0.29, 0.717) is 40.8 Å². The van der Waals surface area contributed by atoms with Gasteiger partial charge in [0.05, 0.1) is 36.3 Å². The summed E-state index contributed by atoms with van der Waals surface area (Å²) in [5, 5.41) is 3.20. The molecule has 0 atom stereocenters. The number of methoxy groups -OCH3 is 1. The largest absolute Gasteiger partial charge is 0.487 e. The number of pyridine rings is 1. The molecule has 1 fully saturated rings. The van der Waals surface area contributed by atoms with Gasteiger partial charge in [-0.1, -0.05) is 29.8 Å². The van der Waals surface area contributed by atoms with E-state index in [2.05, 4.69) is 15.0 Å². The summed E-state index contributed by atoms with van der Waals surface area (Å²) >= 11 is 6.09. The molecular weight excluding hydrogens is 449 g/mol. The molecule has 0 radical (unpaired) electrons. The number of halogens is 2. The Labute approximate surface area is 195 Å². The molecule has 2 aromatic carbocycles. The van der Waals surface area contributed by atoms with Crippen LogP contribution in [0.3, 0.4) is 0 Å². The second kappa shape index (κ2) is 9.87. The first kappa shape index (κ1) is 22.5. The van der Waals surface area contributed by atoms with Gasteiger partial charge in [-0.25, -0.2) is 14.2 Å². The summed E-state index contributed by atoms with van der Waals surface area (Å²) in [7, 11) is 1.32. The molecule has 1 aliphatic rings. The van der Waals surface area contributed by atoms with Crippen molar-refractivity contribution in [1.82, 2.24) is 10.3 Å². The smallest absolute Gasteiger partial charge is 0.337 e. The van der Waals surface area contributed by atoms with Gasteiger partial charge in [-0.3, -0.25) is 4.79 Å². The summed E-state index contributed by atoms with van der Waals surface area (Å²) in [6.07, 6.45) is 1.34. The van der Waals surface area contributed by atoms with Crippen LogP contribution in [0, 0.1) is 5.82 Å². The third-order valence-electron chi connectivity index (χ3n) is 5.15. The van der Waals surface area contributed by atoms with Gasteiger partial charge in [0.2, 0.25) is 0 Å². The second-order valence-corrected chi connectivity index (χ2v) is 7.93. The van der Waals surface area contributed by atoms with Crippen molar-refractivity contribution in [3.8, 4) is 5.75 Å². The topological polar surface area (TPSA) is 80.8 Å². The molecule has 0 unspecified atom stereocenters. The highest BCUT2D eigenvalue weighted by Crippen LogP contribution is 2.27. The summed E-state index contributed by atoms with van der Waals surface area (Å²) in [4.78, 5) is 30.7. The van der Waals surface area contributed by atoms with Crippen molar-refractivity contribution in [2.75, 3.05) is 25.1 Å². The predicted octanol–water partition coefficient (Wildman–Crippen LogP) is 3.86. The summed E-state index contributed by atoms with van der Waals surface area (Å²) in [5.74, 6) is -0.153. The minimum Gasteiger partial charge on any atom is -0.487 e. The molecule has 4 rings (SSSR count). The number of hydrogen-bond acceptors (Lipinski definition) is 6. The van der Waals surface area contributed by atoms with Crippen LogP contribution in [-0.4, -0.2) is 43.2 Å². The molecule has 1 amide bonds. The molecule has 33 heavy (non-hydrogen) atoms. The lowest BCUT2D eigenvalue weighted by atomic mass is 10.1. The zero-order valence-corrected chi connectivity index (χ0v) is 18.5. The Morgan fingerprint density at radius 3 is 2.64 bits per heavy atom. The maximum Gasteiger partial charge on any atom is 0.337 e. The van der Waals surface area contributed by atoms with E-state index in [1.165, 1.54) is 25.4 Å². The van der Waals surface area contributed by atoms with Crippen LogP contribution in [0.2, 0.25) is 5.02 Å². The highest BCUT2D eigenvalue weighted by Gasteiger charge is 2.32. The molecule has 0 saturated carbocycles. The first-order chi connectivity index (χ1) is 15.9. The fourth-order valence-electron chi connectivity index (χ4n) is 3.42. The monoisotopic (exact) mass is 469 g/mol. The van der Waals surface area contributed by atoms with Crippen LogP contribution in [0.15, 0.2) is 60.8 Å². The van der Waals surface area contributed by atoms with E-state index in [4.69, 9.17) is 16.3 Å². The third-order valence-corrected chi connectivity index (χ3v) is 5.36. The van der Waals surface area contributed by atoms with Crippen molar-refractivity contribution in [3.05, 3.63) is 88.3 Å². The fraction of sp³-hybridized carbons (Fsp3) is 0.208. The number of ether oxygens (including phenoxy) is 2. The van der Waals surface area contributed by atoms with E-state index in [1.54, 1.807) is 42.5 Å². The predicted molar refractivity (Wildman–Crippen MR) is 121 cm³/mol. The molecule has 0 bridgehead atoms. The minimum absolute atomic E-state index is 0.145. The molecule has 0 spiro atoms. The number of nitrogens with zero attached hydrogens (tertiary/aromatic N) is 2. The average Bonchev–Trinajstić information content (AvgIpc) is 2.79. The first-order valence-electron chi connectivity index (χ1n) is 10.2. The Balaban J connectivity index is 1.38. The number of benzene rings is 2. The summed E-state index contributed by atoms with van der Waals surface area (Å²) in [6, 6.07) is 14.3. The SMILES string of the molecule is COC(=O)c1ccc(CNC(=O)c2cc(Cl)cnc2N2CC(Oc3cccc(F)c3)C2)cc1. The number of hydrogen-bond donors (Lipinski definition) is 1. The molecule has 1 N–H and O–H groups in total. The summed E-state index contributed by atoms with van der Waals surface area (Å²) in [5.41, 5.74) is 1.60. The maximum absolute atomic E-state index is 13.3. The standard InChI is InChI=1S/C24H21ClFN3O4/c1-32-24(31)16-7-5-15(6-8-16)11-28-23(30)21-9-17(25)12-27-22(21)29-13-20(14-29)33-19-4-2-3-18(26)10-19/h2-10,12,20H,11,13-14H2,1H3,(H,28,30). The summed E-state index contributed by atoms with van der Waals surface area (Å²) < 4.78 is 23.8. The zero-order chi connectivity index (χ0) is 23.4. The molecular formula is C24H21ClFN3O4. The number of carbonyl (C=O) groups excluding carboxylic acids is 2. The van der Waals surface area contributed by atoms with Crippen molar-refractivity contribution < 1.29 is 23.5 Å². The van der Waals surface area contributed by atoms with Gasteiger partial charge in [-0.05, 0) is 35.9 Å². The number of esters is 1. The molecule has 1 saturated heterocycles. The number of amides is 1. The van der Waals surface area contributed by atoms with Gasteiger partial charge in [0.25, 0.3) is 5.91 Å². The number of anilines is 1.